The topological polar surface area (TPSA) is 97.1 Å². The fourth-order valence-corrected chi connectivity index (χ4v) is 3.98. The molecule has 158 valence electrons. The SMILES string of the molecule is Cc1cc(NC(=O)[C@@H](C)SCC(=O)Nc2nc(-c3ccc(F)c(F)c3)c(C)s2)no1. The van der Waals surface area contributed by atoms with Gasteiger partial charge in [0.05, 0.1) is 16.7 Å². The van der Waals surface area contributed by atoms with E-state index in [9.17, 15) is 18.4 Å². The average molecular weight is 453 g/mol. The summed E-state index contributed by atoms with van der Waals surface area (Å²) in [5, 5.41) is 8.81. The Kier molecular flexibility index (Phi) is 6.83. The third-order valence-corrected chi connectivity index (χ3v) is 5.98. The molecule has 2 heterocycles. The summed E-state index contributed by atoms with van der Waals surface area (Å²) in [4.78, 5) is 29.4. The van der Waals surface area contributed by atoms with Crippen molar-refractivity contribution in [3.8, 4) is 11.3 Å². The fraction of sp³-hybridized carbons (Fsp3) is 0.263. The van der Waals surface area contributed by atoms with E-state index in [-0.39, 0.29) is 17.6 Å². The van der Waals surface area contributed by atoms with E-state index in [1.165, 1.54) is 17.4 Å². The molecule has 30 heavy (non-hydrogen) atoms. The molecule has 1 aromatic carbocycles. The van der Waals surface area contributed by atoms with Gasteiger partial charge in [-0.1, -0.05) is 5.16 Å². The van der Waals surface area contributed by atoms with E-state index in [4.69, 9.17) is 4.52 Å². The predicted molar refractivity (Wildman–Crippen MR) is 113 cm³/mol. The number of halogens is 2. The molecule has 0 aliphatic carbocycles. The molecule has 0 radical (unpaired) electrons. The highest BCUT2D eigenvalue weighted by Crippen LogP contribution is 2.31. The van der Waals surface area contributed by atoms with Crippen LogP contribution in [0.1, 0.15) is 17.6 Å². The number of nitrogens with one attached hydrogen (secondary N) is 2. The first-order valence-electron chi connectivity index (χ1n) is 8.81. The van der Waals surface area contributed by atoms with Crippen LogP contribution in [0, 0.1) is 25.5 Å². The molecule has 3 rings (SSSR count). The third kappa shape index (κ3) is 5.42. The number of aromatic nitrogens is 2. The van der Waals surface area contributed by atoms with E-state index in [1.54, 1.807) is 26.8 Å². The van der Waals surface area contributed by atoms with Gasteiger partial charge in [0, 0.05) is 16.5 Å². The molecule has 11 heteroatoms. The third-order valence-electron chi connectivity index (χ3n) is 3.95. The molecule has 0 saturated heterocycles. The number of carbonyl (C=O) groups excluding carboxylic acids is 2. The molecule has 0 aliphatic rings. The molecule has 7 nitrogen and oxygen atoms in total. The Bertz CT molecular complexity index is 1080. The Morgan fingerprint density at radius 1 is 1.20 bits per heavy atom. The quantitative estimate of drug-likeness (QED) is 0.552. The lowest BCUT2D eigenvalue weighted by Crippen LogP contribution is -2.25. The maximum atomic E-state index is 13.5. The number of benzene rings is 1. The Morgan fingerprint density at radius 2 is 1.97 bits per heavy atom. The highest BCUT2D eigenvalue weighted by Gasteiger charge is 2.18. The predicted octanol–water partition coefficient (Wildman–Crippen LogP) is 4.39. The number of thioether (sulfide) groups is 1. The van der Waals surface area contributed by atoms with E-state index in [0.29, 0.717) is 28.0 Å². The summed E-state index contributed by atoms with van der Waals surface area (Å²) in [5.41, 5.74) is 0.892. The van der Waals surface area contributed by atoms with Gasteiger partial charge in [0.1, 0.15) is 5.76 Å². The number of aryl methyl sites for hydroxylation is 2. The highest BCUT2D eigenvalue weighted by molar-refractivity contribution is 8.01. The van der Waals surface area contributed by atoms with Crippen molar-refractivity contribution in [2.75, 3.05) is 16.4 Å². The van der Waals surface area contributed by atoms with E-state index in [0.717, 1.165) is 28.8 Å². The number of rotatable bonds is 7. The van der Waals surface area contributed by atoms with Gasteiger partial charge in [0.25, 0.3) is 0 Å². The minimum Gasteiger partial charge on any atom is -0.360 e. The number of anilines is 2. The van der Waals surface area contributed by atoms with Crippen molar-refractivity contribution in [1.82, 2.24) is 10.1 Å². The summed E-state index contributed by atoms with van der Waals surface area (Å²) < 4.78 is 31.5. The van der Waals surface area contributed by atoms with E-state index in [1.807, 2.05) is 0 Å². The summed E-state index contributed by atoms with van der Waals surface area (Å²) >= 11 is 2.38. The molecule has 2 amide bonds. The summed E-state index contributed by atoms with van der Waals surface area (Å²) in [6.45, 7) is 5.16. The van der Waals surface area contributed by atoms with Crippen LogP contribution in [-0.4, -0.2) is 33.0 Å². The Morgan fingerprint density at radius 3 is 2.63 bits per heavy atom. The number of hydrogen-bond donors (Lipinski definition) is 2. The maximum absolute atomic E-state index is 13.5. The summed E-state index contributed by atoms with van der Waals surface area (Å²) in [5.74, 6) is -1.60. The lowest BCUT2D eigenvalue weighted by molar-refractivity contribution is -0.115. The van der Waals surface area contributed by atoms with Crippen LogP contribution in [0.15, 0.2) is 28.8 Å². The molecule has 0 aliphatic heterocycles. The zero-order valence-electron chi connectivity index (χ0n) is 16.3. The number of hydrogen-bond acceptors (Lipinski definition) is 7. The van der Waals surface area contributed by atoms with Gasteiger partial charge in [-0.15, -0.1) is 23.1 Å². The largest absolute Gasteiger partial charge is 0.360 e. The van der Waals surface area contributed by atoms with E-state index >= 15 is 0 Å². The number of nitrogens with zero attached hydrogens (tertiary/aromatic N) is 2. The molecule has 0 bridgehead atoms. The Hall–Kier alpha value is -2.79. The molecule has 0 spiro atoms. The van der Waals surface area contributed by atoms with Gasteiger partial charge in [-0.05, 0) is 39.0 Å². The fourth-order valence-electron chi connectivity index (χ4n) is 2.45. The minimum absolute atomic E-state index is 0.0333. The normalized spacial score (nSPS) is 11.9. The van der Waals surface area contributed by atoms with Crippen LogP contribution < -0.4 is 10.6 Å². The lowest BCUT2D eigenvalue weighted by atomic mass is 10.1. The van der Waals surface area contributed by atoms with Gasteiger partial charge in [0.2, 0.25) is 11.8 Å². The van der Waals surface area contributed by atoms with Crippen LogP contribution in [0.4, 0.5) is 19.7 Å². The maximum Gasteiger partial charge on any atom is 0.238 e. The second kappa shape index (κ2) is 9.35. The Labute approximate surface area is 179 Å². The molecular formula is C19H18F2N4O3S2. The molecule has 0 saturated carbocycles. The van der Waals surface area contributed by atoms with Crippen LogP contribution in [-0.2, 0) is 9.59 Å². The average Bonchev–Trinajstić information content (AvgIpc) is 3.26. The van der Waals surface area contributed by atoms with Gasteiger partial charge in [-0.2, -0.15) is 0 Å². The first kappa shape index (κ1) is 21.9. The number of carbonyl (C=O) groups is 2. The van der Waals surface area contributed by atoms with Gasteiger partial charge in [0.15, 0.2) is 22.6 Å². The van der Waals surface area contributed by atoms with Gasteiger partial charge < -0.3 is 15.2 Å². The van der Waals surface area contributed by atoms with Gasteiger partial charge >= 0.3 is 0 Å². The molecule has 0 unspecified atom stereocenters. The van der Waals surface area contributed by atoms with Crippen LogP contribution in [0.3, 0.4) is 0 Å². The summed E-state index contributed by atoms with van der Waals surface area (Å²) in [6, 6.07) is 5.12. The van der Waals surface area contributed by atoms with Gasteiger partial charge in [-0.25, -0.2) is 13.8 Å². The summed E-state index contributed by atoms with van der Waals surface area (Å²) in [7, 11) is 0. The molecule has 0 fully saturated rings. The molecule has 2 N–H and O–H groups in total. The van der Waals surface area contributed by atoms with Crippen LogP contribution in [0.5, 0.6) is 0 Å². The van der Waals surface area contributed by atoms with Crippen molar-refractivity contribution in [1.29, 1.82) is 0 Å². The smallest absolute Gasteiger partial charge is 0.238 e. The summed E-state index contributed by atoms with van der Waals surface area (Å²) in [6.07, 6.45) is 0. The molecular weight excluding hydrogens is 434 g/mol. The minimum atomic E-state index is -0.963. The lowest BCUT2D eigenvalue weighted by Gasteiger charge is -2.09. The van der Waals surface area contributed by atoms with Crippen LogP contribution in [0.25, 0.3) is 11.3 Å². The van der Waals surface area contributed by atoms with E-state index in [2.05, 4.69) is 20.8 Å². The zero-order valence-corrected chi connectivity index (χ0v) is 17.9. The first-order chi connectivity index (χ1) is 14.2. The van der Waals surface area contributed by atoms with Crippen molar-refractivity contribution < 1.29 is 22.9 Å². The van der Waals surface area contributed by atoms with Crippen LogP contribution >= 0.6 is 23.1 Å². The van der Waals surface area contributed by atoms with Crippen molar-refractivity contribution in [3.63, 3.8) is 0 Å². The molecule has 3 aromatic rings. The molecule has 2 aromatic heterocycles. The second-order valence-electron chi connectivity index (χ2n) is 6.37. The van der Waals surface area contributed by atoms with Crippen molar-refractivity contribution in [2.24, 2.45) is 0 Å². The van der Waals surface area contributed by atoms with Gasteiger partial charge in [-0.3, -0.25) is 9.59 Å². The number of thiazole rings is 1. The number of amides is 2. The van der Waals surface area contributed by atoms with Crippen LogP contribution in [0.2, 0.25) is 0 Å². The Balaban J connectivity index is 1.54. The first-order valence-corrected chi connectivity index (χ1v) is 10.7. The zero-order chi connectivity index (χ0) is 21.8. The van der Waals surface area contributed by atoms with Crippen molar-refractivity contribution in [3.05, 3.63) is 46.5 Å². The highest BCUT2D eigenvalue weighted by atomic mass is 32.2. The van der Waals surface area contributed by atoms with Crippen molar-refractivity contribution >= 4 is 45.9 Å². The van der Waals surface area contributed by atoms with Crippen molar-refractivity contribution in [2.45, 2.75) is 26.0 Å². The van der Waals surface area contributed by atoms with E-state index < -0.39 is 16.9 Å². The molecule has 1 atom stereocenters. The second-order valence-corrected chi connectivity index (χ2v) is 8.90. The monoisotopic (exact) mass is 452 g/mol. The standard InChI is InChI=1S/C19H18F2N4O3S2/c1-9-6-15(25-28-9)22-18(27)11(3)29-8-16(26)23-19-24-17(10(2)30-19)12-4-5-13(20)14(21)7-12/h4-7,11H,8H2,1-3H3,(H,22,25,27)(H,23,24,26)/t11-/m1/s1.